The smallest absolute Gasteiger partial charge is 0.271 e. The lowest BCUT2D eigenvalue weighted by Gasteiger charge is -2.31. The minimum Gasteiger partial charge on any atom is -0.272 e. The molecule has 1 aromatic heterocycles. The van der Waals surface area contributed by atoms with Crippen LogP contribution in [0.3, 0.4) is 0 Å². The van der Waals surface area contributed by atoms with Crippen molar-refractivity contribution < 1.29 is 0 Å². The summed E-state index contributed by atoms with van der Waals surface area (Å²) in [6, 6.07) is 20.9. The number of halogens is 3. The van der Waals surface area contributed by atoms with Crippen molar-refractivity contribution in [1.82, 2.24) is 4.57 Å². The highest BCUT2D eigenvalue weighted by atomic mass is 35.5. The molecule has 1 aliphatic carbocycles. The van der Waals surface area contributed by atoms with Gasteiger partial charge in [0.15, 0.2) is 4.80 Å². The standard InChI is InChI=1S/C27H17Cl3N2OS/c28-17-8-5-15(6-9-17)13-23-26(33)32-25(20-12-10-18(29)14-22(20)30)21-11-7-16-3-1-2-4-19(16)24(21)31-27(32)34-23/h1-6,8-10,12-14,25H,7,11H2. The second kappa shape index (κ2) is 8.54. The Kier molecular flexibility index (Phi) is 5.50. The molecule has 0 bridgehead atoms. The number of aromatic nitrogens is 1. The van der Waals surface area contributed by atoms with E-state index in [0.717, 1.165) is 40.8 Å². The van der Waals surface area contributed by atoms with Gasteiger partial charge in [0.2, 0.25) is 0 Å². The molecule has 3 nitrogen and oxygen atoms in total. The van der Waals surface area contributed by atoms with E-state index >= 15 is 0 Å². The molecular formula is C27H17Cl3N2OS. The third-order valence-electron chi connectivity index (χ3n) is 6.30. The minimum absolute atomic E-state index is 0.0832. The Morgan fingerprint density at radius 2 is 1.71 bits per heavy atom. The van der Waals surface area contributed by atoms with Crippen LogP contribution in [0, 0.1) is 0 Å². The Labute approximate surface area is 214 Å². The van der Waals surface area contributed by atoms with Crippen LogP contribution in [0.25, 0.3) is 11.8 Å². The fraction of sp³-hybridized carbons (Fsp3) is 0.111. The van der Waals surface area contributed by atoms with E-state index in [-0.39, 0.29) is 11.6 Å². The molecule has 1 aliphatic heterocycles. The Morgan fingerprint density at radius 1 is 0.941 bits per heavy atom. The maximum atomic E-state index is 13.7. The van der Waals surface area contributed by atoms with Crippen molar-refractivity contribution in [2.24, 2.45) is 4.99 Å². The van der Waals surface area contributed by atoms with E-state index in [2.05, 4.69) is 18.2 Å². The van der Waals surface area contributed by atoms with Gasteiger partial charge in [-0.15, -0.1) is 0 Å². The molecule has 6 rings (SSSR count). The van der Waals surface area contributed by atoms with Crippen LogP contribution in [-0.4, -0.2) is 4.57 Å². The molecule has 0 fully saturated rings. The van der Waals surface area contributed by atoms with E-state index in [4.69, 9.17) is 39.8 Å². The molecular weight excluding hydrogens is 507 g/mol. The summed E-state index contributed by atoms with van der Waals surface area (Å²) >= 11 is 20.3. The van der Waals surface area contributed by atoms with Crippen molar-refractivity contribution in [2.45, 2.75) is 18.9 Å². The van der Waals surface area contributed by atoms with Crippen LogP contribution in [0.4, 0.5) is 0 Å². The summed E-state index contributed by atoms with van der Waals surface area (Å²) in [6.45, 7) is 0. The van der Waals surface area contributed by atoms with E-state index in [1.807, 2.05) is 48.5 Å². The number of hydrogen-bond acceptors (Lipinski definition) is 3. The van der Waals surface area contributed by atoms with Gasteiger partial charge in [-0.05, 0) is 65.4 Å². The van der Waals surface area contributed by atoms with Crippen LogP contribution in [0.15, 0.2) is 82.1 Å². The van der Waals surface area contributed by atoms with E-state index in [9.17, 15) is 4.79 Å². The monoisotopic (exact) mass is 522 g/mol. The number of rotatable bonds is 2. The van der Waals surface area contributed by atoms with E-state index in [1.165, 1.54) is 16.9 Å². The largest absolute Gasteiger partial charge is 0.272 e. The van der Waals surface area contributed by atoms with E-state index < -0.39 is 0 Å². The Morgan fingerprint density at radius 3 is 2.50 bits per heavy atom. The number of hydrogen-bond donors (Lipinski definition) is 0. The average Bonchev–Trinajstić information content (AvgIpc) is 3.14. The predicted octanol–water partition coefficient (Wildman–Crippen LogP) is 6.28. The van der Waals surface area contributed by atoms with Gasteiger partial charge in [0.05, 0.1) is 16.3 Å². The first-order valence-corrected chi connectivity index (χ1v) is 12.8. The molecule has 0 radical (unpaired) electrons. The summed E-state index contributed by atoms with van der Waals surface area (Å²) in [6.07, 6.45) is 3.58. The highest BCUT2D eigenvalue weighted by molar-refractivity contribution is 7.07. The maximum absolute atomic E-state index is 13.7. The summed E-state index contributed by atoms with van der Waals surface area (Å²) < 4.78 is 2.40. The lowest BCUT2D eigenvalue weighted by Crippen LogP contribution is -2.38. The molecule has 7 heteroatoms. The van der Waals surface area contributed by atoms with Gasteiger partial charge in [-0.25, -0.2) is 4.99 Å². The first kappa shape index (κ1) is 21.9. The highest BCUT2D eigenvalue weighted by Crippen LogP contribution is 2.43. The Hall–Kier alpha value is -2.63. The predicted molar refractivity (Wildman–Crippen MR) is 141 cm³/mol. The molecule has 3 aromatic carbocycles. The van der Waals surface area contributed by atoms with Crippen molar-refractivity contribution >= 4 is 57.9 Å². The first-order valence-electron chi connectivity index (χ1n) is 10.8. The molecule has 0 amide bonds. The summed E-state index contributed by atoms with van der Waals surface area (Å²) in [5.41, 5.74) is 6.11. The number of allylic oxidation sites excluding steroid dienone is 1. The third kappa shape index (κ3) is 3.66. The van der Waals surface area contributed by atoms with Gasteiger partial charge in [-0.1, -0.05) is 88.6 Å². The van der Waals surface area contributed by atoms with Gasteiger partial charge < -0.3 is 0 Å². The average molecular weight is 524 g/mol. The van der Waals surface area contributed by atoms with Crippen molar-refractivity contribution in [3.8, 4) is 0 Å². The van der Waals surface area contributed by atoms with Gasteiger partial charge >= 0.3 is 0 Å². The molecule has 0 saturated carbocycles. The SMILES string of the molecule is O=c1c(=Cc2ccc(Cl)cc2)sc2n1C(c1ccc(Cl)cc1Cl)C1=C(N=2)c2ccccc2CC1. The second-order valence-corrected chi connectivity index (χ2v) is 10.6. The normalized spacial score (nSPS) is 17.1. The van der Waals surface area contributed by atoms with Crippen molar-refractivity contribution in [3.63, 3.8) is 0 Å². The Balaban J connectivity index is 1.64. The van der Waals surface area contributed by atoms with Gasteiger partial charge in [-0.2, -0.15) is 0 Å². The first-order chi connectivity index (χ1) is 16.5. The number of benzene rings is 3. The van der Waals surface area contributed by atoms with Crippen LogP contribution >= 0.6 is 46.1 Å². The molecule has 0 N–H and O–H groups in total. The fourth-order valence-corrected chi connectivity index (χ4v) is 6.37. The van der Waals surface area contributed by atoms with Gasteiger partial charge in [0.25, 0.3) is 5.56 Å². The molecule has 2 heterocycles. The van der Waals surface area contributed by atoms with Gasteiger partial charge in [0.1, 0.15) is 0 Å². The summed E-state index contributed by atoms with van der Waals surface area (Å²) in [4.78, 5) is 19.4. The number of thiazole rings is 1. The molecule has 1 atom stereocenters. The van der Waals surface area contributed by atoms with Crippen molar-refractivity contribution in [2.75, 3.05) is 0 Å². The number of aryl methyl sites for hydroxylation is 1. The van der Waals surface area contributed by atoms with Crippen LogP contribution in [0.2, 0.25) is 15.1 Å². The second-order valence-electron chi connectivity index (χ2n) is 8.33. The molecule has 2 aliphatic rings. The third-order valence-corrected chi connectivity index (χ3v) is 8.10. The van der Waals surface area contributed by atoms with Crippen LogP contribution in [-0.2, 0) is 6.42 Å². The lowest BCUT2D eigenvalue weighted by molar-refractivity contribution is 0.585. The van der Waals surface area contributed by atoms with E-state index in [1.54, 1.807) is 10.6 Å². The Bertz CT molecular complexity index is 1670. The number of fused-ring (bicyclic) bond motifs is 3. The summed E-state index contributed by atoms with van der Waals surface area (Å²) in [7, 11) is 0. The summed E-state index contributed by atoms with van der Waals surface area (Å²) in [5.74, 6) is 0. The quantitative estimate of drug-likeness (QED) is 0.304. The maximum Gasteiger partial charge on any atom is 0.271 e. The van der Waals surface area contributed by atoms with Crippen molar-refractivity contribution in [1.29, 1.82) is 0 Å². The summed E-state index contributed by atoms with van der Waals surface area (Å²) in [5, 5.41) is 1.76. The molecule has 4 aromatic rings. The zero-order valence-electron chi connectivity index (χ0n) is 17.8. The topological polar surface area (TPSA) is 34.4 Å². The molecule has 168 valence electrons. The van der Waals surface area contributed by atoms with Crippen LogP contribution in [0.5, 0.6) is 0 Å². The zero-order valence-corrected chi connectivity index (χ0v) is 20.8. The highest BCUT2D eigenvalue weighted by Gasteiger charge is 2.33. The molecule has 0 spiro atoms. The van der Waals surface area contributed by atoms with Gasteiger partial charge in [-0.3, -0.25) is 9.36 Å². The zero-order chi connectivity index (χ0) is 23.4. The van der Waals surface area contributed by atoms with Crippen molar-refractivity contribution in [3.05, 3.63) is 129 Å². The fourth-order valence-electron chi connectivity index (χ4n) is 4.73. The molecule has 1 unspecified atom stereocenters. The van der Waals surface area contributed by atoms with E-state index in [0.29, 0.717) is 24.4 Å². The minimum atomic E-state index is -0.336. The van der Waals surface area contributed by atoms with Gasteiger partial charge in [0, 0.05) is 20.6 Å². The molecule has 0 saturated heterocycles. The van der Waals surface area contributed by atoms with Crippen LogP contribution < -0.4 is 14.9 Å². The lowest BCUT2D eigenvalue weighted by atomic mass is 9.83. The molecule has 34 heavy (non-hydrogen) atoms. The van der Waals surface area contributed by atoms with Crippen LogP contribution in [0.1, 0.15) is 34.7 Å². The number of nitrogens with zero attached hydrogens (tertiary/aromatic N) is 2.